The lowest BCUT2D eigenvalue weighted by atomic mass is 9.93. The minimum Gasteiger partial charge on any atom is -0.481 e. The Bertz CT molecular complexity index is 847. The molecule has 11 heteroatoms. The van der Waals surface area contributed by atoms with Gasteiger partial charge in [0.1, 0.15) is 0 Å². The molecule has 0 aliphatic rings. The molecule has 1 aromatic carbocycles. The van der Waals surface area contributed by atoms with Crippen LogP contribution in [0.2, 0.25) is 0 Å². The second-order valence-electron chi connectivity index (χ2n) is 6.32. The maximum Gasteiger partial charge on any atom is 0.418 e. The first-order chi connectivity index (χ1) is 14.2. The van der Waals surface area contributed by atoms with Crippen LogP contribution in [-0.4, -0.2) is 47.5 Å². The fraction of sp³-hybridized carbons (Fsp3) is 0.421. The Kier molecular flexibility index (Phi) is 8.07. The number of benzene rings is 1. The van der Waals surface area contributed by atoms with Crippen molar-refractivity contribution in [2.24, 2.45) is 0 Å². The lowest BCUT2D eigenvalue weighted by Crippen LogP contribution is -2.25. The van der Waals surface area contributed by atoms with Gasteiger partial charge in [0.15, 0.2) is 11.9 Å². The van der Waals surface area contributed by atoms with Gasteiger partial charge in [-0.1, -0.05) is 12.1 Å². The molecule has 0 fully saturated rings. The van der Waals surface area contributed by atoms with Crippen LogP contribution in [0.3, 0.4) is 0 Å². The number of hydrogen-bond acceptors (Lipinski definition) is 6. The average Bonchev–Trinajstić information content (AvgIpc) is 2.67. The number of nitrogens with one attached hydrogen (secondary N) is 1. The second-order valence-corrected chi connectivity index (χ2v) is 6.32. The third-order valence-electron chi connectivity index (χ3n) is 4.12. The van der Waals surface area contributed by atoms with E-state index in [0.29, 0.717) is 5.56 Å². The van der Waals surface area contributed by atoms with E-state index in [0.717, 1.165) is 12.4 Å². The number of aliphatic carboxylic acids is 1. The summed E-state index contributed by atoms with van der Waals surface area (Å²) in [6, 6.07) is 3.97. The van der Waals surface area contributed by atoms with Crippen molar-refractivity contribution in [3.63, 3.8) is 0 Å². The van der Waals surface area contributed by atoms with Crippen molar-refractivity contribution in [2.75, 3.05) is 25.6 Å². The van der Waals surface area contributed by atoms with E-state index in [9.17, 15) is 22.4 Å². The zero-order chi connectivity index (χ0) is 22.3. The molecule has 2 atom stereocenters. The quantitative estimate of drug-likeness (QED) is 0.545. The third kappa shape index (κ3) is 6.36. The Morgan fingerprint density at radius 1 is 1.27 bits per heavy atom. The van der Waals surface area contributed by atoms with Crippen LogP contribution in [0.1, 0.15) is 36.5 Å². The van der Waals surface area contributed by atoms with Gasteiger partial charge in [-0.25, -0.2) is 14.4 Å². The number of methoxy groups -OCH3 is 1. The van der Waals surface area contributed by atoms with Crippen LogP contribution in [0.4, 0.5) is 29.2 Å². The average molecular weight is 431 g/mol. The first-order valence-corrected chi connectivity index (χ1v) is 8.93. The minimum atomic E-state index is -4.70. The summed E-state index contributed by atoms with van der Waals surface area (Å²) in [5.74, 6) is -2.53. The summed E-state index contributed by atoms with van der Waals surface area (Å²) in [6.07, 6.45) is -5.50. The number of ether oxygens (including phenoxy) is 2. The number of carbonyl (C=O) groups is 1. The Morgan fingerprint density at radius 3 is 2.47 bits per heavy atom. The van der Waals surface area contributed by atoms with E-state index in [1.54, 1.807) is 0 Å². The highest BCUT2D eigenvalue weighted by Gasteiger charge is 2.43. The summed E-state index contributed by atoms with van der Waals surface area (Å²) in [7, 11) is 1.39. The van der Waals surface area contributed by atoms with Crippen LogP contribution in [0.15, 0.2) is 30.6 Å². The summed E-state index contributed by atoms with van der Waals surface area (Å²) < 4.78 is 63.8. The summed E-state index contributed by atoms with van der Waals surface area (Å²) in [5, 5.41) is 11.8. The van der Waals surface area contributed by atoms with Gasteiger partial charge in [0.2, 0.25) is 5.95 Å². The molecule has 0 aliphatic carbocycles. The molecule has 2 aromatic rings. The zero-order valence-electron chi connectivity index (χ0n) is 16.2. The number of carboxylic acids is 1. The predicted octanol–water partition coefficient (Wildman–Crippen LogP) is 4.20. The van der Waals surface area contributed by atoms with Crippen molar-refractivity contribution in [3.05, 3.63) is 47.5 Å². The van der Waals surface area contributed by atoms with Crippen molar-refractivity contribution in [1.82, 2.24) is 9.97 Å². The Hall–Kier alpha value is -2.79. The zero-order valence-corrected chi connectivity index (χ0v) is 16.2. The highest BCUT2D eigenvalue weighted by molar-refractivity contribution is 5.69. The standard InChI is InChI=1S/C19H21F4N3O4/c1-3-30-17(19(21,22)23)14-5-4-11(12(10-29-2)7-16(27)28)6-15(14)26-18-24-8-13(20)9-25-18/h4-6,8-9,12,17H,3,7,10H2,1-2H3,(H,27,28)(H,24,25,26)/t12-,17-/m0/s1. The smallest absolute Gasteiger partial charge is 0.418 e. The van der Waals surface area contributed by atoms with Gasteiger partial charge in [-0.05, 0) is 18.6 Å². The summed E-state index contributed by atoms with van der Waals surface area (Å²) >= 11 is 0. The molecular weight excluding hydrogens is 410 g/mol. The number of anilines is 2. The van der Waals surface area contributed by atoms with Gasteiger partial charge in [0.05, 0.1) is 25.4 Å². The van der Waals surface area contributed by atoms with E-state index in [1.807, 2.05) is 0 Å². The molecule has 164 valence electrons. The fourth-order valence-corrected chi connectivity index (χ4v) is 2.87. The van der Waals surface area contributed by atoms with E-state index >= 15 is 0 Å². The maximum atomic E-state index is 13.6. The normalized spacial score (nSPS) is 13.7. The Morgan fingerprint density at radius 2 is 1.93 bits per heavy atom. The van der Waals surface area contributed by atoms with Crippen molar-refractivity contribution < 1.29 is 36.9 Å². The number of rotatable bonds is 10. The fourth-order valence-electron chi connectivity index (χ4n) is 2.87. The largest absolute Gasteiger partial charge is 0.481 e. The third-order valence-corrected chi connectivity index (χ3v) is 4.12. The molecule has 1 aromatic heterocycles. The molecule has 7 nitrogen and oxygen atoms in total. The SMILES string of the molecule is CCO[C@@H](c1ccc([C@H](COC)CC(=O)O)cc1Nc1ncc(F)cn1)C(F)(F)F. The van der Waals surface area contributed by atoms with Gasteiger partial charge in [-0.15, -0.1) is 0 Å². The first kappa shape index (κ1) is 23.5. The van der Waals surface area contributed by atoms with Crippen molar-refractivity contribution >= 4 is 17.6 Å². The van der Waals surface area contributed by atoms with Crippen LogP contribution < -0.4 is 5.32 Å². The first-order valence-electron chi connectivity index (χ1n) is 8.93. The number of hydrogen-bond donors (Lipinski definition) is 2. The van der Waals surface area contributed by atoms with Crippen LogP contribution in [-0.2, 0) is 14.3 Å². The summed E-state index contributed by atoms with van der Waals surface area (Å²) in [6.45, 7) is 1.29. The molecule has 0 spiro atoms. The molecule has 1 heterocycles. The predicted molar refractivity (Wildman–Crippen MR) is 99.0 cm³/mol. The van der Waals surface area contributed by atoms with Crippen molar-refractivity contribution in [3.8, 4) is 0 Å². The maximum absolute atomic E-state index is 13.6. The minimum absolute atomic E-state index is 0.0404. The van der Waals surface area contributed by atoms with Gasteiger partial charge in [0.25, 0.3) is 0 Å². The number of alkyl halides is 3. The lowest BCUT2D eigenvalue weighted by Gasteiger charge is -2.25. The van der Waals surface area contributed by atoms with Crippen molar-refractivity contribution in [2.45, 2.75) is 31.5 Å². The van der Waals surface area contributed by atoms with Gasteiger partial charge < -0.3 is 19.9 Å². The molecule has 0 unspecified atom stereocenters. The molecule has 0 saturated heterocycles. The number of halogens is 4. The van der Waals surface area contributed by atoms with Gasteiger partial charge in [-0.3, -0.25) is 4.79 Å². The molecule has 30 heavy (non-hydrogen) atoms. The molecule has 0 aliphatic heterocycles. The monoisotopic (exact) mass is 431 g/mol. The Labute approximate surface area is 170 Å². The van der Waals surface area contributed by atoms with Gasteiger partial charge in [0, 0.05) is 30.9 Å². The second kappa shape index (κ2) is 10.3. The van der Waals surface area contributed by atoms with Crippen LogP contribution in [0, 0.1) is 5.82 Å². The molecule has 0 bridgehead atoms. The molecule has 0 radical (unpaired) electrons. The van der Waals surface area contributed by atoms with E-state index in [4.69, 9.17) is 14.6 Å². The van der Waals surface area contributed by atoms with Crippen LogP contribution in [0.25, 0.3) is 0 Å². The van der Waals surface area contributed by atoms with Gasteiger partial charge >= 0.3 is 12.1 Å². The number of aromatic nitrogens is 2. The van der Waals surface area contributed by atoms with E-state index in [-0.39, 0.29) is 36.8 Å². The van der Waals surface area contributed by atoms with Crippen molar-refractivity contribution in [1.29, 1.82) is 0 Å². The van der Waals surface area contributed by atoms with E-state index in [2.05, 4.69) is 15.3 Å². The van der Waals surface area contributed by atoms with E-state index in [1.165, 1.54) is 32.2 Å². The molecular formula is C19H21F4N3O4. The van der Waals surface area contributed by atoms with E-state index < -0.39 is 30.0 Å². The van der Waals surface area contributed by atoms with Crippen LogP contribution >= 0.6 is 0 Å². The molecule has 2 N–H and O–H groups in total. The molecule has 0 amide bonds. The summed E-state index contributed by atoms with van der Waals surface area (Å²) in [5.41, 5.74) is 0.152. The Balaban J connectivity index is 2.54. The lowest BCUT2D eigenvalue weighted by molar-refractivity contribution is -0.222. The highest BCUT2D eigenvalue weighted by Crippen LogP contribution is 2.41. The highest BCUT2D eigenvalue weighted by atomic mass is 19.4. The summed E-state index contributed by atoms with van der Waals surface area (Å²) in [4.78, 5) is 18.6. The van der Waals surface area contributed by atoms with Gasteiger partial charge in [-0.2, -0.15) is 13.2 Å². The topological polar surface area (TPSA) is 93.6 Å². The number of carboxylic acid groups (broad SMARTS) is 1. The molecule has 2 rings (SSSR count). The van der Waals surface area contributed by atoms with Crippen LogP contribution in [0.5, 0.6) is 0 Å². The number of nitrogens with zero attached hydrogens (tertiary/aromatic N) is 2. The molecule has 0 saturated carbocycles.